The zero-order valence-corrected chi connectivity index (χ0v) is 19.4. The van der Waals surface area contributed by atoms with Gasteiger partial charge in [0.25, 0.3) is 5.91 Å². The summed E-state index contributed by atoms with van der Waals surface area (Å²) in [5.74, 6) is 0.342. The standard InChI is InChI=1S/C24H20ClN3OS2/c1-13(2)11-15-8-9-16-21(26)22(31-23(16)27-15)24(29)28-17-5-3-4-6-19(17)30-20-10-7-14(25)12-18(20)28/h3-10,12-13H,11,26H2,1-2H3. The van der Waals surface area contributed by atoms with Crippen molar-refractivity contribution in [2.75, 3.05) is 10.6 Å². The third kappa shape index (κ3) is 3.59. The number of benzene rings is 2. The summed E-state index contributed by atoms with van der Waals surface area (Å²) in [6.07, 6.45) is 0.889. The van der Waals surface area contributed by atoms with Gasteiger partial charge in [-0.1, -0.05) is 49.3 Å². The number of nitrogens with zero attached hydrogens (tertiary/aromatic N) is 2. The van der Waals surface area contributed by atoms with Gasteiger partial charge >= 0.3 is 0 Å². The molecule has 0 saturated heterocycles. The summed E-state index contributed by atoms with van der Waals surface area (Å²) >= 11 is 9.28. The topological polar surface area (TPSA) is 59.2 Å². The highest BCUT2D eigenvalue weighted by Gasteiger charge is 2.31. The van der Waals surface area contributed by atoms with Crippen molar-refractivity contribution in [3.8, 4) is 0 Å². The van der Waals surface area contributed by atoms with E-state index in [1.807, 2.05) is 54.6 Å². The Balaban J connectivity index is 1.64. The van der Waals surface area contributed by atoms with Crippen molar-refractivity contribution >= 4 is 67.9 Å². The van der Waals surface area contributed by atoms with Crippen LogP contribution in [0.15, 0.2) is 64.4 Å². The van der Waals surface area contributed by atoms with Gasteiger partial charge in [0.1, 0.15) is 9.71 Å². The number of amides is 1. The van der Waals surface area contributed by atoms with Gasteiger partial charge in [-0.25, -0.2) is 4.98 Å². The number of nitrogens with two attached hydrogens (primary N) is 1. The van der Waals surface area contributed by atoms with Crippen molar-refractivity contribution in [2.24, 2.45) is 5.92 Å². The van der Waals surface area contributed by atoms with Gasteiger partial charge < -0.3 is 5.73 Å². The molecule has 0 unspecified atom stereocenters. The molecule has 0 fully saturated rings. The van der Waals surface area contributed by atoms with Crippen LogP contribution in [0.25, 0.3) is 10.2 Å². The zero-order chi connectivity index (χ0) is 21.7. The predicted octanol–water partition coefficient (Wildman–Crippen LogP) is 7.17. The minimum atomic E-state index is -0.165. The Hall–Kier alpha value is -2.54. The van der Waals surface area contributed by atoms with Crippen molar-refractivity contribution in [1.29, 1.82) is 0 Å². The number of hydrogen-bond acceptors (Lipinski definition) is 5. The van der Waals surface area contributed by atoms with Crippen molar-refractivity contribution in [2.45, 2.75) is 30.1 Å². The van der Waals surface area contributed by atoms with Crippen molar-refractivity contribution in [3.63, 3.8) is 0 Å². The molecular weight excluding hydrogens is 446 g/mol. The molecule has 0 saturated carbocycles. The molecule has 4 aromatic rings. The fraction of sp³-hybridized carbons (Fsp3) is 0.167. The first-order valence-corrected chi connectivity index (χ1v) is 12.0. The van der Waals surface area contributed by atoms with E-state index in [1.54, 1.807) is 16.7 Å². The van der Waals surface area contributed by atoms with Crippen LogP contribution in [0.5, 0.6) is 0 Å². The summed E-state index contributed by atoms with van der Waals surface area (Å²) in [5.41, 5.74) is 9.55. The predicted molar refractivity (Wildman–Crippen MR) is 131 cm³/mol. The number of fused-ring (bicyclic) bond motifs is 3. The van der Waals surface area contributed by atoms with Crippen LogP contribution in [0.3, 0.4) is 0 Å². The Labute approximate surface area is 194 Å². The van der Waals surface area contributed by atoms with Gasteiger partial charge in [-0.2, -0.15) is 0 Å². The van der Waals surface area contributed by atoms with Crippen LogP contribution in [-0.2, 0) is 6.42 Å². The zero-order valence-electron chi connectivity index (χ0n) is 17.1. The van der Waals surface area contributed by atoms with E-state index in [0.717, 1.165) is 43.5 Å². The summed E-state index contributed by atoms with van der Waals surface area (Å²) in [5, 5.41) is 1.41. The largest absolute Gasteiger partial charge is 0.397 e. The van der Waals surface area contributed by atoms with Crippen molar-refractivity contribution < 1.29 is 4.79 Å². The monoisotopic (exact) mass is 465 g/mol. The molecule has 2 aromatic carbocycles. The molecule has 156 valence electrons. The van der Waals surface area contributed by atoms with Gasteiger partial charge in [0.2, 0.25) is 0 Å². The lowest BCUT2D eigenvalue weighted by Gasteiger charge is -2.31. The number of thiophene rings is 1. The molecule has 31 heavy (non-hydrogen) atoms. The highest BCUT2D eigenvalue weighted by molar-refractivity contribution is 7.99. The first kappa shape index (κ1) is 20.4. The maximum absolute atomic E-state index is 13.9. The second kappa shape index (κ2) is 7.86. The molecule has 1 aliphatic heterocycles. The van der Waals surface area contributed by atoms with Crippen LogP contribution in [0.4, 0.5) is 17.1 Å². The fourth-order valence-electron chi connectivity index (χ4n) is 3.77. The maximum Gasteiger partial charge on any atom is 0.275 e. The highest BCUT2D eigenvalue weighted by Crippen LogP contribution is 2.50. The molecule has 3 heterocycles. The first-order chi connectivity index (χ1) is 14.9. The van der Waals surface area contributed by atoms with E-state index in [9.17, 15) is 4.79 Å². The number of rotatable bonds is 3. The van der Waals surface area contributed by atoms with Crippen LogP contribution in [0.1, 0.15) is 29.2 Å². The van der Waals surface area contributed by atoms with Gasteiger partial charge in [0.15, 0.2) is 0 Å². The lowest BCUT2D eigenvalue weighted by atomic mass is 10.1. The van der Waals surface area contributed by atoms with E-state index in [-0.39, 0.29) is 5.91 Å². The van der Waals surface area contributed by atoms with Gasteiger partial charge in [-0.05, 0) is 54.8 Å². The van der Waals surface area contributed by atoms with E-state index < -0.39 is 0 Å². The van der Waals surface area contributed by atoms with Crippen molar-refractivity contribution in [3.05, 3.63) is 70.2 Å². The van der Waals surface area contributed by atoms with Gasteiger partial charge in [0, 0.05) is 25.9 Å². The summed E-state index contributed by atoms with van der Waals surface area (Å²) < 4.78 is 0. The Kier molecular flexibility index (Phi) is 5.16. The number of aromatic nitrogens is 1. The Morgan fingerprint density at radius 1 is 1.10 bits per heavy atom. The molecule has 4 nitrogen and oxygen atoms in total. The third-order valence-corrected chi connectivity index (χ3v) is 7.62. The SMILES string of the molecule is CC(C)Cc1ccc2c(N)c(C(=O)N3c4ccccc4Sc4ccc(Cl)cc43)sc2n1. The molecule has 5 rings (SSSR count). The number of nitrogen functional groups attached to an aromatic ring is 1. The molecule has 7 heteroatoms. The average Bonchev–Trinajstić information content (AvgIpc) is 3.07. The minimum Gasteiger partial charge on any atom is -0.397 e. The Morgan fingerprint density at radius 2 is 1.87 bits per heavy atom. The third-order valence-electron chi connectivity index (χ3n) is 5.15. The van der Waals surface area contributed by atoms with E-state index >= 15 is 0 Å². The van der Waals surface area contributed by atoms with Crippen LogP contribution in [-0.4, -0.2) is 10.9 Å². The lowest BCUT2D eigenvalue weighted by Crippen LogP contribution is -2.28. The lowest BCUT2D eigenvalue weighted by molar-refractivity contribution is 0.100. The van der Waals surface area contributed by atoms with Crippen LogP contribution >= 0.6 is 34.7 Å². The Morgan fingerprint density at radius 3 is 2.68 bits per heavy atom. The smallest absolute Gasteiger partial charge is 0.275 e. The van der Waals surface area contributed by atoms with E-state index in [0.29, 0.717) is 21.5 Å². The van der Waals surface area contributed by atoms with Gasteiger partial charge in [0.05, 0.1) is 17.1 Å². The number of carbonyl (C=O) groups is 1. The Bertz CT molecular complexity index is 1330. The van der Waals surface area contributed by atoms with Gasteiger partial charge in [-0.3, -0.25) is 9.69 Å². The summed E-state index contributed by atoms with van der Waals surface area (Å²) in [7, 11) is 0. The summed E-state index contributed by atoms with van der Waals surface area (Å²) in [6, 6.07) is 17.5. The molecule has 2 aromatic heterocycles. The summed E-state index contributed by atoms with van der Waals surface area (Å²) in [6.45, 7) is 4.33. The first-order valence-electron chi connectivity index (χ1n) is 10.0. The van der Waals surface area contributed by atoms with E-state index in [4.69, 9.17) is 22.3 Å². The second-order valence-electron chi connectivity index (χ2n) is 7.92. The van der Waals surface area contributed by atoms with E-state index in [2.05, 4.69) is 13.8 Å². The average molecular weight is 466 g/mol. The molecule has 0 bridgehead atoms. The molecule has 0 aliphatic carbocycles. The second-order valence-corrected chi connectivity index (χ2v) is 10.4. The van der Waals surface area contributed by atoms with Crippen LogP contribution < -0.4 is 10.6 Å². The number of anilines is 3. The normalized spacial score (nSPS) is 12.8. The highest BCUT2D eigenvalue weighted by atomic mass is 35.5. The van der Waals surface area contributed by atoms with Gasteiger partial charge in [-0.15, -0.1) is 11.3 Å². The molecule has 1 amide bonds. The maximum atomic E-state index is 13.9. The van der Waals surface area contributed by atoms with E-state index in [1.165, 1.54) is 11.3 Å². The molecule has 0 radical (unpaired) electrons. The number of hydrogen-bond donors (Lipinski definition) is 1. The summed E-state index contributed by atoms with van der Waals surface area (Å²) in [4.78, 5) is 23.7. The quantitative estimate of drug-likeness (QED) is 0.348. The molecule has 0 atom stereocenters. The number of halogens is 1. The fourth-order valence-corrected chi connectivity index (χ4v) is 6.02. The van der Waals surface area contributed by atoms with Crippen LogP contribution in [0, 0.1) is 5.92 Å². The number of carbonyl (C=O) groups excluding carboxylic acids is 1. The molecular formula is C24H20ClN3OS2. The minimum absolute atomic E-state index is 0.165. The number of para-hydroxylation sites is 1. The van der Waals surface area contributed by atoms with Crippen molar-refractivity contribution in [1.82, 2.24) is 4.98 Å². The molecule has 1 aliphatic rings. The molecule has 0 spiro atoms. The van der Waals surface area contributed by atoms with Crippen LogP contribution in [0.2, 0.25) is 5.02 Å². The molecule has 2 N–H and O–H groups in total. The number of pyridine rings is 1.